The number of piperazine rings is 1. The van der Waals surface area contributed by atoms with Crippen molar-refractivity contribution in [3.8, 4) is 11.6 Å². The Kier molecular flexibility index (Phi) is 5.98. The van der Waals surface area contributed by atoms with Crippen molar-refractivity contribution in [3.63, 3.8) is 0 Å². The zero-order valence-electron chi connectivity index (χ0n) is 15.2. The van der Waals surface area contributed by atoms with E-state index in [2.05, 4.69) is 37.6 Å². The Morgan fingerprint density at radius 3 is 2.42 bits per heavy atom. The molecular formula is C19H23BrFN3O2. The molecule has 26 heavy (non-hydrogen) atoms. The van der Waals surface area contributed by atoms with Gasteiger partial charge in [-0.3, -0.25) is 4.90 Å². The van der Waals surface area contributed by atoms with Gasteiger partial charge in [-0.1, -0.05) is 6.07 Å². The number of methoxy groups -OCH3 is 2. The van der Waals surface area contributed by atoms with E-state index in [4.69, 9.17) is 9.47 Å². The van der Waals surface area contributed by atoms with Crippen molar-refractivity contribution >= 4 is 21.7 Å². The molecule has 1 aromatic carbocycles. The fourth-order valence-electron chi connectivity index (χ4n) is 3.22. The highest BCUT2D eigenvalue weighted by Gasteiger charge is 2.24. The molecule has 0 aliphatic carbocycles. The molecular weight excluding hydrogens is 401 g/mol. The zero-order chi connectivity index (χ0) is 18.7. The molecule has 0 spiro atoms. The second-order valence-corrected chi connectivity index (χ2v) is 7.11. The molecule has 1 unspecified atom stereocenters. The molecule has 140 valence electrons. The van der Waals surface area contributed by atoms with Crippen LogP contribution >= 0.6 is 15.9 Å². The summed E-state index contributed by atoms with van der Waals surface area (Å²) in [5.74, 6) is 1.46. The summed E-state index contributed by atoms with van der Waals surface area (Å²) >= 11 is 3.43. The third-order valence-electron chi connectivity index (χ3n) is 4.84. The van der Waals surface area contributed by atoms with Crippen molar-refractivity contribution in [2.24, 2.45) is 0 Å². The van der Waals surface area contributed by atoms with Crippen LogP contribution in [-0.4, -0.2) is 50.3 Å². The molecule has 0 N–H and O–H groups in total. The van der Waals surface area contributed by atoms with E-state index in [-0.39, 0.29) is 17.6 Å². The van der Waals surface area contributed by atoms with Gasteiger partial charge in [-0.2, -0.15) is 4.98 Å². The molecule has 0 amide bonds. The number of halogens is 2. The Morgan fingerprint density at radius 1 is 1.08 bits per heavy atom. The lowest BCUT2D eigenvalue weighted by molar-refractivity contribution is 0.197. The molecule has 0 saturated carbocycles. The molecule has 0 bridgehead atoms. The van der Waals surface area contributed by atoms with Crippen LogP contribution in [0.4, 0.5) is 10.2 Å². The monoisotopic (exact) mass is 423 g/mol. The number of pyridine rings is 1. The van der Waals surface area contributed by atoms with E-state index in [1.165, 1.54) is 7.11 Å². The first-order valence-electron chi connectivity index (χ1n) is 8.56. The summed E-state index contributed by atoms with van der Waals surface area (Å²) in [5.41, 5.74) is 0.959. The molecule has 1 atom stereocenters. The van der Waals surface area contributed by atoms with E-state index in [1.807, 2.05) is 18.2 Å². The van der Waals surface area contributed by atoms with Crippen LogP contribution in [0.2, 0.25) is 0 Å². The summed E-state index contributed by atoms with van der Waals surface area (Å²) < 4.78 is 25.1. The maximum atomic E-state index is 14.0. The predicted molar refractivity (Wildman–Crippen MR) is 104 cm³/mol. The van der Waals surface area contributed by atoms with Crippen LogP contribution in [0.3, 0.4) is 0 Å². The fraction of sp³-hybridized carbons (Fsp3) is 0.421. The molecule has 1 aliphatic rings. The number of anilines is 1. The number of ether oxygens (including phenoxy) is 2. The maximum absolute atomic E-state index is 14.0. The van der Waals surface area contributed by atoms with E-state index in [1.54, 1.807) is 19.2 Å². The molecule has 0 radical (unpaired) electrons. The van der Waals surface area contributed by atoms with Gasteiger partial charge in [-0.25, -0.2) is 4.39 Å². The van der Waals surface area contributed by atoms with E-state index in [9.17, 15) is 4.39 Å². The van der Waals surface area contributed by atoms with Gasteiger partial charge >= 0.3 is 0 Å². The van der Waals surface area contributed by atoms with Gasteiger partial charge in [0.2, 0.25) is 5.88 Å². The number of benzene rings is 1. The molecule has 2 heterocycles. The summed E-state index contributed by atoms with van der Waals surface area (Å²) in [7, 11) is 3.09. The minimum Gasteiger partial charge on any atom is -0.494 e. The van der Waals surface area contributed by atoms with Gasteiger partial charge in [-0.15, -0.1) is 0 Å². The molecule has 5 nitrogen and oxygen atoms in total. The van der Waals surface area contributed by atoms with Crippen LogP contribution in [0.1, 0.15) is 18.5 Å². The largest absolute Gasteiger partial charge is 0.494 e. The van der Waals surface area contributed by atoms with Gasteiger partial charge < -0.3 is 14.4 Å². The highest BCUT2D eigenvalue weighted by molar-refractivity contribution is 9.10. The average Bonchev–Trinajstić information content (AvgIpc) is 2.68. The average molecular weight is 424 g/mol. The second kappa shape index (κ2) is 8.22. The summed E-state index contributed by atoms with van der Waals surface area (Å²) in [4.78, 5) is 9.15. The lowest BCUT2D eigenvalue weighted by Gasteiger charge is -2.38. The van der Waals surface area contributed by atoms with Gasteiger partial charge in [0.05, 0.1) is 18.7 Å². The Labute approximate surface area is 161 Å². The van der Waals surface area contributed by atoms with Crippen molar-refractivity contribution in [3.05, 3.63) is 46.2 Å². The first-order valence-corrected chi connectivity index (χ1v) is 9.35. The fourth-order valence-corrected chi connectivity index (χ4v) is 3.61. The van der Waals surface area contributed by atoms with Crippen LogP contribution in [0.15, 0.2) is 34.8 Å². The van der Waals surface area contributed by atoms with Crippen molar-refractivity contribution in [1.82, 2.24) is 9.88 Å². The molecule has 1 aromatic heterocycles. The van der Waals surface area contributed by atoms with Gasteiger partial charge in [0.25, 0.3) is 0 Å². The topological polar surface area (TPSA) is 37.8 Å². The summed E-state index contributed by atoms with van der Waals surface area (Å²) in [5, 5.41) is 0. The summed E-state index contributed by atoms with van der Waals surface area (Å²) in [6.07, 6.45) is 0. The Morgan fingerprint density at radius 2 is 1.81 bits per heavy atom. The Hall–Kier alpha value is -1.86. The van der Waals surface area contributed by atoms with E-state index in [0.29, 0.717) is 5.88 Å². The molecule has 1 aliphatic heterocycles. The van der Waals surface area contributed by atoms with Crippen LogP contribution in [0, 0.1) is 5.82 Å². The quantitative estimate of drug-likeness (QED) is 0.729. The first-order chi connectivity index (χ1) is 12.5. The highest BCUT2D eigenvalue weighted by Crippen LogP contribution is 2.29. The molecule has 3 rings (SSSR count). The van der Waals surface area contributed by atoms with Gasteiger partial charge in [-0.05, 0) is 52.7 Å². The first kappa shape index (κ1) is 18.9. The van der Waals surface area contributed by atoms with Crippen LogP contribution in [-0.2, 0) is 0 Å². The lowest BCUT2D eigenvalue weighted by atomic mass is 10.1. The van der Waals surface area contributed by atoms with Crippen molar-refractivity contribution in [2.45, 2.75) is 13.0 Å². The van der Waals surface area contributed by atoms with Crippen molar-refractivity contribution in [2.75, 3.05) is 45.3 Å². The van der Waals surface area contributed by atoms with Crippen LogP contribution in [0.25, 0.3) is 0 Å². The third-order valence-corrected chi connectivity index (χ3v) is 5.44. The lowest BCUT2D eigenvalue weighted by Crippen LogP contribution is -2.47. The molecule has 7 heteroatoms. The van der Waals surface area contributed by atoms with Gasteiger partial charge in [0.1, 0.15) is 5.82 Å². The smallest absolute Gasteiger partial charge is 0.229 e. The van der Waals surface area contributed by atoms with Crippen molar-refractivity contribution < 1.29 is 13.9 Å². The Balaban J connectivity index is 1.65. The number of nitrogens with zero attached hydrogens (tertiary/aromatic N) is 3. The highest BCUT2D eigenvalue weighted by atomic mass is 79.9. The number of rotatable bonds is 5. The number of hydrogen-bond acceptors (Lipinski definition) is 5. The van der Waals surface area contributed by atoms with E-state index >= 15 is 0 Å². The summed E-state index contributed by atoms with van der Waals surface area (Å²) in [6.45, 7) is 5.60. The van der Waals surface area contributed by atoms with E-state index < -0.39 is 0 Å². The minimum absolute atomic E-state index is 0.143. The maximum Gasteiger partial charge on any atom is 0.229 e. The molecule has 2 aromatic rings. The third kappa shape index (κ3) is 3.94. The Bertz CT molecular complexity index is 766. The molecule has 1 saturated heterocycles. The normalized spacial score (nSPS) is 16.4. The predicted octanol–water partition coefficient (Wildman–Crippen LogP) is 3.88. The zero-order valence-corrected chi connectivity index (χ0v) is 16.8. The minimum atomic E-state index is -0.318. The van der Waals surface area contributed by atoms with Gasteiger partial charge in [0, 0.05) is 32.2 Å². The standard InChI is InChI=1S/C19H23BrFN3O2/c1-13(14-4-6-17(25-2)16(21)12-14)23-8-10-24(11-9-23)18-7-5-15(20)19(22-18)26-3/h4-7,12-13H,8-11H2,1-3H3. The molecule has 1 fully saturated rings. The van der Waals surface area contributed by atoms with Crippen LogP contribution < -0.4 is 14.4 Å². The van der Waals surface area contributed by atoms with Crippen LogP contribution in [0.5, 0.6) is 11.6 Å². The summed E-state index contributed by atoms with van der Waals surface area (Å²) in [6, 6.07) is 9.28. The SMILES string of the molecule is COc1ccc(C(C)N2CCN(c3ccc(Br)c(OC)n3)CC2)cc1F. The van der Waals surface area contributed by atoms with E-state index in [0.717, 1.165) is 42.0 Å². The van der Waals surface area contributed by atoms with Gasteiger partial charge in [0.15, 0.2) is 11.6 Å². The van der Waals surface area contributed by atoms with Crippen molar-refractivity contribution in [1.29, 1.82) is 0 Å². The number of aromatic nitrogens is 1. The number of hydrogen-bond donors (Lipinski definition) is 0. The second-order valence-electron chi connectivity index (χ2n) is 6.25.